The van der Waals surface area contributed by atoms with Gasteiger partial charge >= 0.3 is 11.9 Å². The third-order valence-electron chi connectivity index (χ3n) is 4.08. The van der Waals surface area contributed by atoms with Gasteiger partial charge in [-0.05, 0) is 27.7 Å². The summed E-state index contributed by atoms with van der Waals surface area (Å²) in [6.07, 6.45) is 0. The van der Waals surface area contributed by atoms with Crippen LogP contribution < -0.4 is 10.6 Å². The fraction of sp³-hybridized carbons (Fsp3) is 0.800. The number of rotatable bonds is 8. The molecular weight excluding hydrogens is 458 g/mol. The minimum Gasteiger partial charge on any atom is -0.480 e. The van der Waals surface area contributed by atoms with Crippen molar-refractivity contribution in [2.24, 2.45) is 15.4 Å². The lowest BCUT2D eigenvalue weighted by molar-refractivity contribution is -0.144. The lowest BCUT2D eigenvalue weighted by Gasteiger charge is -2.30. The molecule has 0 aromatic rings. The van der Waals surface area contributed by atoms with Gasteiger partial charge in [-0.15, -0.1) is 4.91 Å². The number of carboxylic acids is 2. The molecule has 0 aromatic heterocycles. The van der Waals surface area contributed by atoms with Gasteiger partial charge in [-0.1, -0.05) is 41.5 Å². The Morgan fingerprint density at radius 1 is 0.750 bits per heavy atom. The van der Waals surface area contributed by atoms with Gasteiger partial charge in [0.15, 0.2) is 0 Å². The summed E-state index contributed by atoms with van der Waals surface area (Å²) in [5, 5.41) is 22.9. The molecule has 0 aliphatic rings. The summed E-state index contributed by atoms with van der Waals surface area (Å²) in [5.41, 5.74) is -1.30. The van der Waals surface area contributed by atoms with Gasteiger partial charge in [0.25, 0.3) is 0 Å². The molecule has 0 aliphatic carbocycles. The number of nitrogens with one attached hydrogen (secondary N) is 2. The molecule has 2 unspecified atom stereocenters. The molecule has 32 heavy (non-hydrogen) atoms. The lowest BCUT2D eigenvalue weighted by atomic mass is 9.93. The maximum atomic E-state index is 11.7. The van der Waals surface area contributed by atoms with Crippen molar-refractivity contribution >= 4 is 48.3 Å². The van der Waals surface area contributed by atoms with Crippen molar-refractivity contribution in [3.8, 4) is 0 Å². The van der Waals surface area contributed by atoms with Crippen molar-refractivity contribution in [1.29, 1.82) is 0 Å². The van der Waals surface area contributed by atoms with E-state index in [9.17, 15) is 24.1 Å². The molecule has 2 atom stereocenters. The summed E-state index contributed by atoms with van der Waals surface area (Å²) in [6, 6.07) is -2.16. The number of thiol groups is 1. The second-order valence-corrected chi connectivity index (χ2v) is 12.9. The van der Waals surface area contributed by atoms with Crippen molar-refractivity contribution < 1.29 is 29.4 Å². The van der Waals surface area contributed by atoms with Crippen molar-refractivity contribution in [1.82, 2.24) is 10.6 Å². The number of amides is 2. The van der Waals surface area contributed by atoms with Gasteiger partial charge in [-0.3, -0.25) is 9.59 Å². The monoisotopic (exact) mass is 495 g/mol. The van der Waals surface area contributed by atoms with Crippen LogP contribution in [0.3, 0.4) is 0 Å². The summed E-state index contributed by atoms with van der Waals surface area (Å²) in [5.74, 6) is -2.95. The zero-order valence-electron chi connectivity index (χ0n) is 20.4. The number of carbonyl (C=O) groups is 4. The molecule has 0 fully saturated rings. The third-order valence-corrected chi connectivity index (χ3v) is 5.12. The zero-order chi connectivity index (χ0) is 26.3. The number of carboxylic acid groups (broad SMARTS) is 2. The predicted octanol–water partition coefficient (Wildman–Crippen LogP) is 3.11. The van der Waals surface area contributed by atoms with Crippen molar-refractivity contribution in [2.75, 3.05) is 0 Å². The third kappa shape index (κ3) is 11.7. The summed E-state index contributed by atoms with van der Waals surface area (Å²) in [6.45, 7) is 16.6. The van der Waals surface area contributed by atoms with E-state index in [0.29, 0.717) is 11.9 Å². The van der Waals surface area contributed by atoms with Crippen LogP contribution in [0.2, 0.25) is 0 Å². The van der Waals surface area contributed by atoms with E-state index in [2.05, 4.69) is 27.8 Å². The highest BCUT2D eigenvalue weighted by Gasteiger charge is 2.40. The molecule has 0 saturated carbocycles. The Balaban J connectivity index is 0. The van der Waals surface area contributed by atoms with E-state index in [1.807, 2.05) is 0 Å². The molecule has 0 rings (SSSR count). The van der Waals surface area contributed by atoms with E-state index in [-0.39, 0.29) is 11.8 Å². The van der Waals surface area contributed by atoms with E-state index in [1.54, 1.807) is 69.2 Å². The lowest BCUT2D eigenvalue weighted by Crippen LogP contribution is -2.54. The molecular formula is C20H37N3O7S2. The van der Waals surface area contributed by atoms with Crippen LogP contribution in [-0.4, -0.2) is 55.5 Å². The second kappa shape index (κ2) is 11.9. The Kier molecular flexibility index (Phi) is 12.0. The first kappa shape index (κ1) is 32.4. The van der Waals surface area contributed by atoms with Crippen molar-refractivity contribution in [3.63, 3.8) is 0 Å². The Hall–Kier alpha value is -1.82. The molecule has 2 amide bonds. The van der Waals surface area contributed by atoms with Crippen LogP contribution in [0.1, 0.15) is 69.2 Å². The highest BCUT2D eigenvalue weighted by atomic mass is 32.2. The second-order valence-electron chi connectivity index (χ2n) is 10.4. The standard InChI is InChI=1S/C10H18N2O4S.C10H19NO3S/c1-9(2,3)8(15)11-6(7(13)14)10(4,5)17-12-16;1-9(2,3)8(14)11-6(7(12)13)10(4,5)15/h6H,1-5H3,(H,11,15)(H,13,14);6,15H,1-5H3,(H,11,14)(H,12,13). The molecule has 0 heterocycles. The van der Waals surface area contributed by atoms with Gasteiger partial charge in [0.05, 0.1) is 4.75 Å². The number of nitrogens with zero attached hydrogens (tertiary/aromatic N) is 1. The van der Waals surface area contributed by atoms with E-state index >= 15 is 0 Å². The Morgan fingerprint density at radius 3 is 1.28 bits per heavy atom. The van der Waals surface area contributed by atoms with Crippen LogP contribution in [0.25, 0.3) is 0 Å². The molecule has 4 N–H and O–H groups in total. The normalized spacial score (nSPS) is 14.2. The Labute approximate surface area is 199 Å². The van der Waals surface area contributed by atoms with Crippen LogP contribution in [0.4, 0.5) is 0 Å². The Morgan fingerprint density at radius 2 is 1.06 bits per heavy atom. The van der Waals surface area contributed by atoms with Gasteiger partial charge in [0, 0.05) is 32.1 Å². The fourth-order valence-electron chi connectivity index (χ4n) is 1.92. The van der Waals surface area contributed by atoms with E-state index in [0.717, 1.165) is 0 Å². The molecule has 0 radical (unpaired) electrons. The molecule has 12 heteroatoms. The number of nitroso groups, excluding NO2 is 1. The van der Waals surface area contributed by atoms with Crippen LogP contribution in [-0.2, 0) is 19.2 Å². The SMILES string of the molecule is CC(C)(C)C(=O)NC(C(=O)O)C(C)(C)S.CC(C)(C)C(=O)NC(C(=O)O)C(C)(C)SN=O. The largest absolute Gasteiger partial charge is 0.480 e. The summed E-state index contributed by atoms with van der Waals surface area (Å²) >= 11 is 4.76. The highest BCUT2D eigenvalue weighted by Crippen LogP contribution is 2.30. The fourth-order valence-corrected chi connectivity index (χ4v) is 2.55. The molecule has 0 saturated heterocycles. The first-order valence-electron chi connectivity index (χ1n) is 9.79. The maximum Gasteiger partial charge on any atom is 0.327 e. The molecule has 10 nitrogen and oxygen atoms in total. The van der Waals surface area contributed by atoms with Gasteiger partial charge in [-0.2, -0.15) is 12.6 Å². The zero-order valence-corrected chi connectivity index (χ0v) is 22.1. The van der Waals surface area contributed by atoms with Gasteiger partial charge in [0.2, 0.25) is 11.8 Å². The van der Waals surface area contributed by atoms with Crippen LogP contribution >= 0.6 is 24.6 Å². The van der Waals surface area contributed by atoms with Crippen LogP contribution in [0.5, 0.6) is 0 Å². The first-order valence-corrected chi connectivity index (χ1v) is 11.0. The molecule has 0 aromatic carbocycles. The number of hydrogen-bond acceptors (Lipinski definition) is 8. The quantitative estimate of drug-likeness (QED) is 0.195. The van der Waals surface area contributed by atoms with Crippen molar-refractivity contribution in [2.45, 2.75) is 90.8 Å². The van der Waals surface area contributed by atoms with Gasteiger partial charge in [-0.25, -0.2) is 9.59 Å². The van der Waals surface area contributed by atoms with Crippen LogP contribution in [0, 0.1) is 15.7 Å². The maximum absolute atomic E-state index is 11.7. The molecule has 0 bridgehead atoms. The predicted molar refractivity (Wildman–Crippen MR) is 129 cm³/mol. The minimum absolute atomic E-state index is 0.294. The smallest absolute Gasteiger partial charge is 0.327 e. The number of carbonyl (C=O) groups excluding carboxylic acids is 2. The highest BCUT2D eigenvalue weighted by molar-refractivity contribution is 7.99. The topological polar surface area (TPSA) is 162 Å². The number of aliphatic carboxylic acids is 2. The average Bonchev–Trinajstić information content (AvgIpc) is 2.53. The van der Waals surface area contributed by atoms with Crippen molar-refractivity contribution in [3.05, 3.63) is 4.91 Å². The molecule has 186 valence electrons. The van der Waals surface area contributed by atoms with Gasteiger partial charge in [0.1, 0.15) is 12.1 Å². The summed E-state index contributed by atoms with van der Waals surface area (Å²) in [4.78, 5) is 55.6. The summed E-state index contributed by atoms with van der Waals surface area (Å²) < 4.78 is 0.828. The average molecular weight is 496 g/mol. The molecule has 0 spiro atoms. The van der Waals surface area contributed by atoms with Crippen LogP contribution in [0.15, 0.2) is 4.58 Å². The van der Waals surface area contributed by atoms with E-state index in [4.69, 9.17) is 10.2 Å². The van der Waals surface area contributed by atoms with E-state index < -0.39 is 44.3 Å². The Bertz CT molecular complexity index is 705. The number of hydrogen-bond donors (Lipinski definition) is 5. The first-order chi connectivity index (χ1) is 14.0. The summed E-state index contributed by atoms with van der Waals surface area (Å²) in [7, 11) is 0. The minimum atomic E-state index is -1.19. The van der Waals surface area contributed by atoms with Gasteiger partial charge < -0.3 is 20.8 Å². The van der Waals surface area contributed by atoms with E-state index in [1.165, 1.54) is 0 Å². The molecule has 0 aliphatic heterocycles.